The first-order valence-electron chi connectivity index (χ1n) is 7.74. The van der Waals surface area contributed by atoms with Crippen molar-refractivity contribution in [3.05, 3.63) is 35.9 Å². The van der Waals surface area contributed by atoms with Crippen molar-refractivity contribution in [2.24, 2.45) is 5.10 Å². The number of allylic oxidation sites excluding steroid dienone is 1. The molecule has 1 aromatic carbocycles. The summed E-state index contributed by atoms with van der Waals surface area (Å²) in [6.45, 7) is 8.17. The molecule has 0 atom stereocenters. The van der Waals surface area contributed by atoms with Crippen LogP contribution in [0.15, 0.2) is 29.9 Å². The zero-order valence-electron chi connectivity index (χ0n) is 14.0. The fourth-order valence-electron chi connectivity index (χ4n) is 1.88. The Balaban J connectivity index is 2.84. The number of carbonyl (C=O) groups is 2. The fourth-order valence-corrected chi connectivity index (χ4v) is 1.88. The molecule has 0 aliphatic rings. The minimum Gasteiger partial charge on any atom is -0.504 e. The predicted molar refractivity (Wildman–Crippen MR) is 92.2 cm³/mol. The third-order valence-corrected chi connectivity index (χ3v) is 2.96. The largest absolute Gasteiger partial charge is 0.504 e. The van der Waals surface area contributed by atoms with Gasteiger partial charge in [0.1, 0.15) is 0 Å². The van der Waals surface area contributed by atoms with Gasteiger partial charge in [0.2, 0.25) is 0 Å². The number of carbonyl (C=O) groups excluding carboxylic acids is 2. The first kappa shape index (κ1) is 19.2. The molecule has 0 radical (unpaired) electrons. The standard InChI is InChI=1S/C17H23N3O4/c1-4-7-13-9-12(10-14(15(13)21)24-6-3)11-19-20-17(23)16(22)18-8-5-2/h4,9-11,21H,1,5-8H2,2-3H3,(H,18,22)(H,20,23)/b19-11+. The van der Waals surface area contributed by atoms with Gasteiger partial charge in [-0.15, -0.1) is 6.58 Å². The maximum absolute atomic E-state index is 11.5. The Morgan fingerprint density at radius 3 is 2.71 bits per heavy atom. The number of phenols is 1. The van der Waals surface area contributed by atoms with Gasteiger partial charge in [-0.05, 0) is 37.5 Å². The number of nitrogens with one attached hydrogen (secondary N) is 2. The van der Waals surface area contributed by atoms with Gasteiger partial charge < -0.3 is 15.2 Å². The van der Waals surface area contributed by atoms with E-state index >= 15 is 0 Å². The molecule has 3 N–H and O–H groups in total. The minimum atomic E-state index is -0.838. The van der Waals surface area contributed by atoms with Crippen molar-refractivity contribution >= 4 is 18.0 Å². The maximum Gasteiger partial charge on any atom is 0.329 e. The van der Waals surface area contributed by atoms with Crippen LogP contribution >= 0.6 is 0 Å². The van der Waals surface area contributed by atoms with Gasteiger partial charge in [-0.2, -0.15) is 5.10 Å². The summed E-state index contributed by atoms with van der Waals surface area (Å²) in [7, 11) is 0. The van der Waals surface area contributed by atoms with Gasteiger partial charge in [-0.25, -0.2) is 5.43 Å². The van der Waals surface area contributed by atoms with Gasteiger partial charge in [0.15, 0.2) is 11.5 Å². The van der Waals surface area contributed by atoms with Crippen molar-refractivity contribution in [1.29, 1.82) is 0 Å². The number of hydrogen-bond donors (Lipinski definition) is 3. The first-order chi connectivity index (χ1) is 11.5. The Morgan fingerprint density at radius 1 is 1.33 bits per heavy atom. The summed E-state index contributed by atoms with van der Waals surface area (Å²) >= 11 is 0. The number of hydrazone groups is 1. The minimum absolute atomic E-state index is 0.0527. The summed E-state index contributed by atoms with van der Waals surface area (Å²) in [5.41, 5.74) is 3.39. The van der Waals surface area contributed by atoms with Crippen LogP contribution in [0.25, 0.3) is 0 Å². The number of rotatable bonds is 8. The molecule has 7 heteroatoms. The topological polar surface area (TPSA) is 100 Å². The van der Waals surface area contributed by atoms with Crippen molar-refractivity contribution in [2.45, 2.75) is 26.7 Å². The lowest BCUT2D eigenvalue weighted by Gasteiger charge is -2.10. The normalized spacial score (nSPS) is 10.4. The van der Waals surface area contributed by atoms with Gasteiger partial charge >= 0.3 is 11.8 Å². The summed E-state index contributed by atoms with van der Waals surface area (Å²) in [6.07, 6.45) is 4.23. The highest BCUT2D eigenvalue weighted by Gasteiger charge is 2.12. The van der Waals surface area contributed by atoms with Gasteiger partial charge in [-0.1, -0.05) is 13.0 Å². The van der Waals surface area contributed by atoms with Crippen LogP contribution < -0.4 is 15.5 Å². The van der Waals surface area contributed by atoms with Gasteiger partial charge in [0.05, 0.1) is 12.8 Å². The molecule has 1 rings (SSSR count). The lowest BCUT2D eigenvalue weighted by Crippen LogP contribution is -2.38. The highest BCUT2D eigenvalue weighted by Crippen LogP contribution is 2.31. The molecule has 0 aliphatic heterocycles. The van der Waals surface area contributed by atoms with E-state index in [9.17, 15) is 14.7 Å². The number of amides is 2. The van der Waals surface area contributed by atoms with Crippen LogP contribution in [0.3, 0.4) is 0 Å². The molecular formula is C17H23N3O4. The average molecular weight is 333 g/mol. The lowest BCUT2D eigenvalue weighted by molar-refractivity contribution is -0.139. The molecule has 0 saturated heterocycles. The third-order valence-electron chi connectivity index (χ3n) is 2.96. The molecule has 0 saturated carbocycles. The Labute approximate surface area is 141 Å². The van der Waals surface area contributed by atoms with E-state index in [1.165, 1.54) is 6.21 Å². The summed E-state index contributed by atoms with van der Waals surface area (Å²) < 4.78 is 5.38. The lowest BCUT2D eigenvalue weighted by atomic mass is 10.1. The zero-order chi connectivity index (χ0) is 17.9. The number of ether oxygens (including phenoxy) is 1. The molecular weight excluding hydrogens is 310 g/mol. The SMILES string of the molecule is C=CCc1cc(/C=N/NC(=O)C(=O)NCCC)cc(OCC)c1O. The average Bonchev–Trinajstić information content (AvgIpc) is 2.56. The van der Waals surface area contributed by atoms with Crippen LogP contribution in [0.5, 0.6) is 11.5 Å². The molecule has 7 nitrogen and oxygen atoms in total. The zero-order valence-corrected chi connectivity index (χ0v) is 14.0. The van der Waals surface area contributed by atoms with Crippen LogP contribution in [0.1, 0.15) is 31.4 Å². The molecule has 0 heterocycles. The second kappa shape index (κ2) is 10.0. The Morgan fingerprint density at radius 2 is 2.08 bits per heavy atom. The Bertz CT molecular complexity index is 627. The first-order valence-corrected chi connectivity index (χ1v) is 7.74. The van der Waals surface area contributed by atoms with E-state index in [1.54, 1.807) is 18.2 Å². The second-order valence-corrected chi connectivity index (χ2v) is 4.91. The van der Waals surface area contributed by atoms with Crippen molar-refractivity contribution in [3.8, 4) is 11.5 Å². The fraction of sp³-hybridized carbons (Fsp3) is 0.353. The van der Waals surface area contributed by atoms with Crippen molar-refractivity contribution in [3.63, 3.8) is 0 Å². The number of hydrogen-bond acceptors (Lipinski definition) is 5. The van der Waals surface area contributed by atoms with E-state index < -0.39 is 11.8 Å². The van der Waals surface area contributed by atoms with E-state index in [4.69, 9.17) is 4.74 Å². The highest BCUT2D eigenvalue weighted by atomic mass is 16.5. The van der Waals surface area contributed by atoms with Crippen molar-refractivity contribution in [2.75, 3.05) is 13.2 Å². The molecule has 0 unspecified atom stereocenters. The van der Waals surface area contributed by atoms with E-state index in [0.29, 0.717) is 36.4 Å². The maximum atomic E-state index is 11.5. The third kappa shape index (κ3) is 5.75. The smallest absolute Gasteiger partial charge is 0.329 e. The van der Waals surface area contributed by atoms with Crippen LogP contribution in [0.4, 0.5) is 0 Å². The number of aromatic hydroxyl groups is 1. The van der Waals surface area contributed by atoms with Crippen LogP contribution in [0.2, 0.25) is 0 Å². The Hall–Kier alpha value is -2.83. The van der Waals surface area contributed by atoms with Crippen LogP contribution in [0, 0.1) is 0 Å². The summed E-state index contributed by atoms with van der Waals surface area (Å²) in [4.78, 5) is 22.9. The molecule has 0 aliphatic carbocycles. The van der Waals surface area contributed by atoms with Crippen molar-refractivity contribution in [1.82, 2.24) is 10.7 Å². The van der Waals surface area contributed by atoms with Crippen LogP contribution in [-0.4, -0.2) is 36.3 Å². The van der Waals surface area contributed by atoms with E-state index in [0.717, 1.165) is 6.42 Å². The molecule has 24 heavy (non-hydrogen) atoms. The predicted octanol–water partition coefficient (Wildman–Crippen LogP) is 1.50. The summed E-state index contributed by atoms with van der Waals surface area (Å²) in [5, 5.41) is 16.3. The van der Waals surface area contributed by atoms with E-state index in [1.807, 2.05) is 13.8 Å². The molecule has 0 aromatic heterocycles. The quantitative estimate of drug-likeness (QED) is 0.290. The van der Waals surface area contributed by atoms with Gasteiger partial charge in [-0.3, -0.25) is 9.59 Å². The second-order valence-electron chi connectivity index (χ2n) is 4.91. The van der Waals surface area contributed by atoms with Crippen molar-refractivity contribution < 1.29 is 19.4 Å². The molecule has 130 valence electrons. The highest BCUT2D eigenvalue weighted by molar-refractivity contribution is 6.35. The van der Waals surface area contributed by atoms with E-state index in [2.05, 4.69) is 22.4 Å². The summed E-state index contributed by atoms with van der Waals surface area (Å²) in [5.74, 6) is -1.20. The summed E-state index contributed by atoms with van der Waals surface area (Å²) in [6, 6.07) is 3.30. The molecule has 2 amide bonds. The molecule has 0 fully saturated rings. The number of phenolic OH excluding ortho intramolecular Hbond substituents is 1. The van der Waals surface area contributed by atoms with Crippen LogP contribution in [-0.2, 0) is 16.0 Å². The van der Waals surface area contributed by atoms with E-state index in [-0.39, 0.29) is 5.75 Å². The number of nitrogens with zero attached hydrogens (tertiary/aromatic N) is 1. The Kier molecular flexibility index (Phi) is 8.04. The molecule has 0 bridgehead atoms. The van der Waals surface area contributed by atoms with Gasteiger partial charge in [0, 0.05) is 12.1 Å². The number of benzene rings is 1. The van der Waals surface area contributed by atoms with Gasteiger partial charge in [0.25, 0.3) is 0 Å². The molecule has 0 spiro atoms. The molecule has 1 aromatic rings. The monoisotopic (exact) mass is 333 g/mol.